The maximum absolute atomic E-state index is 14.1. The Kier molecular flexibility index (Phi) is 5.29. The molecule has 0 amide bonds. The summed E-state index contributed by atoms with van der Waals surface area (Å²) in [5.41, 5.74) is 0.909. The van der Waals surface area contributed by atoms with Crippen LogP contribution in [-0.4, -0.2) is 37.5 Å². The van der Waals surface area contributed by atoms with Crippen molar-refractivity contribution in [3.8, 4) is 0 Å². The number of nitrogens with one attached hydrogen (secondary N) is 1. The lowest BCUT2D eigenvalue weighted by Crippen LogP contribution is -2.45. The summed E-state index contributed by atoms with van der Waals surface area (Å²) < 4.78 is 39.9. The van der Waals surface area contributed by atoms with E-state index in [1.54, 1.807) is 13.0 Å². The standard InChI is InChI=1S/C14H18ClF3N2/c1-9-2-3-10(16)13(14(9)15)11(8-12(17)18)20-6-4-19-5-7-20/h2-3,11-12,19H,4-8H2,1H3/t11-/m1/s1. The Morgan fingerprint density at radius 3 is 2.55 bits per heavy atom. The third-order valence-corrected chi connectivity index (χ3v) is 4.15. The van der Waals surface area contributed by atoms with Crippen molar-refractivity contribution in [1.82, 2.24) is 10.2 Å². The number of hydrogen-bond donors (Lipinski definition) is 1. The van der Waals surface area contributed by atoms with Gasteiger partial charge in [-0.3, -0.25) is 4.90 Å². The van der Waals surface area contributed by atoms with Crippen molar-refractivity contribution in [2.75, 3.05) is 26.2 Å². The average Bonchev–Trinajstić information content (AvgIpc) is 2.43. The zero-order valence-corrected chi connectivity index (χ0v) is 12.1. The van der Waals surface area contributed by atoms with E-state index >= 15 is 0 Å². The van der Waals surface area contributed by atoms with E-state index in [2.05, 4.69) is 5.32 Å². The van der Waals surface area contributed by atoms with Crippen molar-refractivity contribution in [1.29, 1.82) is 0 Å². The van der Waals surface area contributed by atoms with Crippen LogP contribution in [-0.2, 0) is 0 Å². The Labute approximate surface area is 121 Å². The fourth-order valence-corrected chi connectivity index (χ4v) is 2.88. The van der Waals surface area contributed by atoms with Gasteiger partial charge in [0, 0.05) is 44.2 Å². The molecule has 1 heterocycles. The van der Waals surface area contributed by atoms with E-state index in [0.29, 0.717) is 31.7 Å². The van der Waals surface area contributed by atoms with Crippen LogP contribution in [0.25, 0.3) is 0 Å². The molecule has 0 aromatic heterocycles. The van der Waals surface area contributed by atoms with E-state index in [1.165, 1.54) is 6.07 Å². The van der Waals surface area contributed by atoms with Gasteiger partial charge in [0.2, 0.25) is 6.43 Å². The Balaban J connectivity index is 2.37. The molecule has 0 radical (unpaired) electrons. The number of piperazine rings is 1. The highest BCUT2D eigenvalue weighted by Gasteiger charge is 2.29. The summed E-state index contributed by atoms with van der Waals surface area (Å²) >= 11 is 6.17. The van der Waals surface area contributed by atoms with Crippen molar-refractivity contribution in [3.05, 3.63) is 34.1 Å². The second kappa shape index (κ2) is 6.78. The molecule has 0 unspecified atom stereocenters. The van der Waals surface area contributed by atoms with Crippen LogP contribution in [0.4, 0.5) is 13.2 Å². The zero-order valence-electron chi connectivity index (χ0n) is 11.3. The first-order valence-corrected chi connectivity index (χ1v) is 7.06. The molecule has 2 nitrogen and oxygen atoms in total. The molecule has 1 N–H and O–H groups in total. The lowest BCUT2D eigenvalue weighted by atomic mass is 9.98. The third kappa shape index (κ3) is 3.45. The summed E-state index contributed by atoms with van der Waals surface area (Å²) in [5.74, 6) is -0.509. The minimum absolute atomic E-state index is 0.203. The van der Waals surface area contributed by atoms with Gasteiger partial charge in [0.15, 0.2) is 0 Å². The largest absolute Gasteiger partial charge is 0.314 e. The molecule has 0 saturated carbocycles. The number of halogens is 4. The SMILES string of the molecule is Cc1ccc(F)c([C@@H](CC(F)F)N2CCNCC2)c1Cl. The van der Waals surface area contributed by atoms with Crippen LogP contribution < -0.4 is 5.32 Å². The molecule has 112 valence electrons. The lowest BCUT2D eigenvalue weighted by molar-refractivity contribution is 0.0725. The van der Waals surface area contributed by atoms with Crippen LogP contribution in [0.1, 0.15) is 23.6 Å². The maximum atomic E-state index is 14.1. The lowest BCUT2D eigenvalue weighted by Gasteiger charge is -2.35. The fraction of sp³-hybridized carbons (Fsp3) is 0.571. The van der Waals surface area contributed by atoms with Gasteiger partial charge in [0.1, 0.15) is 5.82 Å². The summed E-state index contributed by atoms with van der Waals surface area (Å²) in [6.07, 6.45) is -2.90. The highest BCUT2D eigenvalue weighted by Crippen LogP contribution is 2.36. The molecular weight excluding hydrogens is 289 g/mol. The molecule has 1 aliphatic heterocycles. The second-order valence-corrected chi connectivity index (χ2v) is 5.40. The molecule has 20 heavy (non-hydrogen) atoms. The predicted octanol–water partition coefficient (Wildman–Crippen LogP) is 3.39. The molecule has 0 spiro atoms. The molecule has 1 fully saturated rings. The summed E-state index contributed by atoms with van der Waals surface area (Å²) in [6.45, 7) is 4.40. The van der Waals surface area contributed by atoms with Crippen molar-refractivity contribution in [2.45, 2.75) is 25.8 Å². The van der Waals surface area contributed by atoms with E-state index in [9.17, 15) is 13.2 Å². The Hall–Kier alpha value is -0.780. The van der Waals surface area contributed by atoms with Gasteiger partial charge in [-0.1, -0.05) is 17.7 Å². The minimum Gasteiger partial charge on any atom is -0.314 e. The van der Waals surface area contributed by atoms with Gasteiger partial charge in [-0.15, -0.1) is 0 Å². The normalized spacial score (nSPS) is 18.5. The van der Waals surface area contributed by atoms with Gasteiger partial charge in [0.25, 0.3) is 0 Å². The molecule has 1 saturated heterocycles. The van der Waals surface area contributed by atoms with Crippen LogP contribution in [0.15, 0.2) is 12.1 Å². The molecule has 0 aliphatic carbocycles. The van der Waals surface area contributed by atoms with Crippen LogP contribution in [0.5, 0.6) is 0 Å². The third-order valence-electron chi connectivity index (χ3n) is 3.65. The maximum Gasteiger partial charge on any atom is 0.240 e. The molecule has 0 bridgehead atoms. The van der Waals surface area contributed by atoms with Gasteiger partial charge < -0.3 is 5.32 Å². The average molecular weight is 307 g/mol. The quantitative estimate of drug-likeness (QED) is 0.917. The second-order valence-electron chi connectivity index (χ2n) is 5.02. The highest BCUT2D eigenvalue weighted by atomic mass is 35.5. The van der Waals surface area contributed by atoms with Crippen molar-refractivity contribution in [2.24, 2.45) is 0 Å². The molecule has 6 heteroatoms. The van der Waals surface area contributed by atoms with E-state index in [1.807, 2.05) is 4.90 Å². The molecule has 1 aromatic carbocycles. The van der Waals surface area contributed by atoms with E-state index < -0.39 is 24.7 Å². The summed E-state index contributed by atoms with van der Waals surface area (Å²) in [6, 6.07) is 2.19. The first-order chi connectivity index (χ1) is 9.50. The molecular formula is C14H18ClF3N2. The molecule has 1 atom stereocenters. The van der Waals surface area contributed by atoms with Crippen LogP contribution in [0.3, 0.4) is 0 Å². The number of aryl methyl sites for hydroxylation is 1. The van der Waals surface area contributed by atoms with E-state index in [4.69, 9.17) is 11.6 Å². The number of alkyl halides is 2. The van der Waals surface area contributed by atoms with Crippen LogP contribution >= 0.6 is 11.6 Å². The first kappa shape index (κ1) is 15.6. The van der Waals surface area contributed by atoms with Gasteiger partial charge in [-0.2, -0.15) is 0 Å². The predicted molar refractivity (Wildman–Crippen MR) is 74.0 cm³/mol. The van der Waals surface area contributed by atoms with Crippen molar-refractivity contribution in [3.63, 3.8) is 0 Å². The minimum atomic E-state index is -2.49. The number of nitrogens with zero attached hydrogens (tertiary/aromatic N) is 1. The van der Waals surface area contributed by atoms with E-state index in [0.717, 1.165) is 0 Å². The van der Waals surface area contributed by atoms with Gasteiger partial charge in [-0.05, 0) is 18.6 Å². The zero-order chi connectivity index (χ0) is 14.7. The fourth-order valence-electron chi connectivity index (χ4n) is 2.60. The van der Waals surface area contributed by atoms with Gasteiger partial charge in [0.05, 0.1) is 5.02 Å². The topological polar surface area (TPSA) is 15.3 Å². The molecule has 1 aromatic rings. The highest BCUT2D eigenvalue weighted by molar-refractivity contribution is 6.32. The summed E-state index contributed by atoms with van der Waals surface area (Å²) in [4.78, 5) is 1.88. The van der Waals surface area contributed by atoms with Crippen molar-refractivity contribution >= 4 is 11.6 Å². The van der Waals surface area contributed by atoms with Crippen LogP contribution in [0, 0.1) is 12.7 Å². The van der Waals surface area contributed by atoms with Crippen LogP contribution in [0.2, 0.25) is 5.02 Å². The number of rotatable bonds is 4. The summed E-state index contributed by atoms with van der Waals surface area (Å²) in [5, 5.41) is 3.42. The van der Waals surface area contributed by atoms with Crippen molar-refractivity contribution < 1.29 is 13.2 Å². The van der Waals surface area contributed by atoms with Gasteiger partial charge >= 0.3 is 0 Å². The first-order valence-electron chi connectivity index (χ1n) is 6.68. The summed E-state index contributed by atoms with van der Waals surface area (Å²) in [7, 11) is 0. The number of hydrogen-bond acceptors (Lipinski definition) is 2. The molecule has 1 aliphatic rings. The molecule has 2 rings (SSSR count). The smallest absolute Gasteiger partial charge is 0.240 e. The monoisotopic (exact) mass is 306 g/mol. The Morgan fingerprint density at radius 2 is 1.95 bits per heavy atom. The van der Waals surface area contributed by atoms with Gasteiger partial charge in [-0.25, -0.2) is 13.2 Å². The Morgan fingerprint density at radius 1 is 1.30 bits per heavy atom. The Bertz CT molecular complexity index is 462. The van der Waals surface area contributed by atoms with E-state index in [-0.39, 0.29) is 10.6 Å². The number of benzene rings is 1.